The summed E-state index contributed by atoms with van der Waals surface area (Å²) in [4.78, 5) is 2.55. The van der Waals surface area contributed by atoms with E-state index in [1.165, 1.54) is 99.5 Å². The number of nitrogens with zero attached hydrogens (tertiary/aromatic N) is 2. The van der Waals surface area contributed by atoms with E-state index in [1.807, 2.05) is 0 Å². The fraction of sp³-hybridized carbons (Fsp3) is 0.0800. The average molecular weight is 677 g/mol. The molecule has 0 N–H and O–H groups in total. The fourth-order valence-corrected chi connectivity index (χ4v) is 9.38. The van der Waals surface area contributed by atoms with Crippen LogP contribution in [-0.2, 0) is 5.41 Å². The lowest BCUT2D eigenvalue weighted by atomic mass is 9.33. The van der Waals surface area contributed by atoms with Gasteiger partial charge in [-0.3, -0.25) is 0 Å². The second-order valence-electron chi connectivity index (χ2n) is 15.7. The van der Waals surface area contributed by atoms with Crippen LogP contribution in [0.15, 0.2) is 170 Å². The lowest BCUT2D eigenvalue weighted by Gasteiger charge is -2.41. The third-order valence-electron chi connectivity index (χ3n) is 11.7. The van der Waals surface area contributed by atoms with Crippen molar-refractivity contribution in [3.05, 3.63) is 175 Å². The van der Waals surface area contributed by atoms with E-state index in [-0.39, 0.29) is 12.1 Å². The summed E-state index contributed by atoms with van der Waals surface area (Å²) in [6.07, 6.45) is 0. The topological polar surface area (TPSA) is 8.17 Å². The first kappa shape index (κ1) is 30.3. The van der Waals surface area contributed by atoms with Gasteiger partial charge in [-0.1, -0.05) is 160 Å². The standard InChI is InChI=1S/C50H37BN2/c1-50(2,3)36-28-29-42-40(31-36)51-46-38-24-13-11-21-35(38)30-39-45(33-17-6-4-7-18-33)48(34-19-8-5-9-20-34)53(49(39)46)44-27-15-26-43(47(44)51)52(42)41-25-14-22-32-16-10-12-23-37(32)41/h4-31H,1-3H3. The largest absolute Gasteiger partial charge is 0.311 e. The third-order valence-corrected chi connectivity index (χ3v) is 11.7. The predicted molar refractivity (Wildman–Crippen MR) is 227 cm³/mol. The molecule has 250 valence electrons. The summed E-state index contributed by atoms with van der Waals surface area (Å²) in [5.41, 5.74) is 16.7. The van der Waals surface area contributed by atoms with Crippen molar-refractivity contribution < 1.29 is 0 Å². The zero-order valence-corrected chi connectivity index (χ0v) is 30.1. The van der Waals surface area contributed by atoms with Gasteiger partial charge >= 0.3 is 0 Å². The van der Waals surface area contributed by atoms with E-state index in [1.54, 1.807) is 0 Å². The molecule has 3 heteroatoms. The summed E-state index contributed by atoms with van der Waals surface area (Å²) < 4.78 is 2.62. The molecule has 0 bridgehead atoms. The molecule has 1 aromatic heterocycles. The molecule has 11 rings (SSSR count). The monoisotopic (exact) mass is 676 g/mol. The van der Waals surface area contributed by atoms with Gasteiger partial charge in [0, 0.05) is 33.4 Å². The summed E-state index contributed by atoms with van der Waals surface area (Å²) in [6.45, 7) is 7.03. The second kappa shape index (κ2) is 11.1. The van der Waals surface area contributed by atoms with Crippen LogP contribution in [0.5, 0.6) is 0 Å². The van der Waals surface area contributed by atoms with Crippen LogP contribution in [0, 0.1) is 0 Å². The molecule has 53 heavy (non-hydrogen) atoms. The van der Waals surface area contributed by atoms with Crippen LogP contribution < -0.4 is 21.3 Å². The van der Waals surface area contributed by atoms with Crippen molar-refractivity contribution in [1.82, 2.24) is 4.57 Å². The molecule has 0 aliphatic carbocycles. The quantitative estimate of drug-likeness (QED) is 0.169. The van der Waals surface area contributed by atoms with E-state index < -0.39 is 0 Å². The van der Waals surface area contributed by atoms with E-state index >= 15 is 0 Å². The molecular weight excluding hydrogens is 639 g/mol. The van der Waals surface area contributed by atoms with E-state index in [4.69, 9.17) is 0 Å². The van der Waals surface area contributed by atoms with Crippen LogP contribution in [0.4, 0.5) is 17.1 Å². The number of benzene rings is 8. The van der Waals surface area contributed by atoms with E-state index in [0.29, 0.717) is 0 Å². The number of hydrogen-bond acceptors (Lipinski definition) is 1. The van der Waals surface area contributed by atoms with Crippen molar-refractivity contribution in [1.29, 1.82) is 0 Å². The summed E-state index contributed by atoms with van der Waals surface area (Å²) in [6, 6.07) is 63.4. The van der Waals surface area contributed by atoms with Gasteiger partial charge in [-0.05, 0) is 85.0 Å². The lowest BCUT2D eigenvalue weighted by Crippen LogP contribution is -2.60. The summed E-state index contributed by atoms with van der Waals surface area (Å²) >= 11 is 0. The molecule has 3 heterocycles. The Hall–Kier alpha value is -6.32. The van der Waals surface area contributed by atoms with Crippen LogP contribution in [0.25, 0.3) is 60.5 Å². The first-order valence-electron chi connectivity index (χ1n) is 18.7. The zero-order chi connectivity index (χ0) is 35.4. The minimum absolute atomic E-state index is 0.0109. The minimum Gasteiger partial charge on any atom is -0.311 e. The molecule has 0 spiro atoms. The third kappa shape index (κ3) is 4.28. The van der Waals surface area contributed by atoms with Gasteiger partial charge in [0.1, 0.15) is 0 Å². The van der Waals surface area contributed by atoms with Gasteiger partial charge in [0.2, 0.25) is 0 Å². The van der Waals surface area contributed by atoms with Crippen LogP contribution in [0.1, 0.15) is 26.3 Å². The summed E-state index contributed by atoms with van der Waals surface area (Å²) in [7, 11) is 0. The Morgan fingerprint density at radius 1 is 0.453 bits per heavy atom. The number of hydrogen-bond donors (Lipinski definition) is 0. The van der Waals surface area contributed by atoms with Crippen molar-refractivity contribution in [2.24, 2.45) is 0 Å². The molecule has 0 radical (unpaired) electrons. The SMILES string of the molecule is CC(C)(C)c1ccc2c(c1)B1c3c(cccc3-n3c(-c4ccccc4)c(-c4ccccc4)c4cc5ccccc5c1c43)N2c1cccc2ccccc12. The van der Waals surface area contributed by atoms with Gasteiger partial charge in [-0.25, -0.2) is 0 Å². The van der Waals surface area contributed by atoms with Crippen LogP contribution in [0.3, 0.4) is 0 Å². The maximum absolute atomic E-state index is 2.62. The first-order valence-corrected chi connectivity index (χ1v) is 18.7. The second-order valence-corrected chi connectivity index (χ2v) is 15.7. The van der Waals surface area contributed by atoms with E-state index in [0.717, 1.165) is 0 Å². The lowest BCUT2D eigenvalue weighted by molar-refractivity contribution is 0.591. The maximum atomic E-state index is 2.62. The zero-order valence-electron chi connectivity index (χ0n) is 30.1. The Bertz CT molecular complexity index is 2930. The van der Waals surface area contributed by atoms with Crippen molar-refractivity contribution in [3.8, 4) is 28.1 Å². The highest BCUT2D eigenvalue weighted by Gasteiger charge is 2.44. The number of fused-ring (bicyclic) bond motifs is 7. The van der Waals surface area contributed by atoms with Gasteiger partial charge < -0.3 is 9.47 Å². The van der Waals surface area contributed by atoms with Crippen LogP contribution in [-0.4, -0.2) is 11.3 Å². The minimum atomic E-state index is -0.0109. The molecule has 8 aromatic carbocycles. The number of aromatic nitrogens is 1. The summed E-state index contributed by atoms with van der Waals surface area (Å²) in [5, 5.41) is 6.37. The van der Waals surface area contributed by atoms with E-state index in [2.05, 4.69) is 200 Å². The molecular formula is C50H37BN2. The van der Waals surface area contributed by atoms with Gasteiger partial charge in [-0.2, -0.15) is 0 Å². The van der Waals surface area contributed by atoms with Crippen LogP contribution in [0.2, 0.25) is 0 Å². The van der Waals surface area contributed by atoms with Crippen molar-refractivity contribution >= 4 is 72.6 Å². The maximum Gasteiger partial charge on any atom is 0.252 e. The molecule has 0 saturated heterocycles. The smallest absolute Gasteiger partial charge is 0.252 e. The molecule has 0 unspecified atom stereocenters. The molecule has 9 aromatic rings. The van der Waals surface area contributed by atoms with Crippen molar-refractivity contribution in [2.75, 3.05) is 4.90 Å². The molecule has 0 amide bonds. The predicted octanol–water partition coefficient (Wildman–Crippen LogP) is 11.2. The Balaban J connectivity index is 1.36. The van der Waals surface area contributed by atoms with Crippen molar-refractivity contribution in [3.63, 3.8) is 0 Å². The average Bonchev–Trinajstić information content (AvgIpc) is 3.54. The molecule has 2 aliphatic heterocycles. The summed E-state index contributed by atoms with van der Waals surface area (Å²) in [5.74, 6) is 0. The van der Waals surface area contributed by atoms with Gasteiger partial charge in [0.05, 0.1) is 16.9 Å². The highest BCUT2D eigenvalue weighted by atomic mass is 15.2. The molecule has 2 nitrogen and oxygen atoms in total. The fourth-order valence-electron chi connectivity index (χ4n) is 9.38. The normalized spacial score (nSPS) is 13.1. The van der Waals surface area contributed by atoms with E-state index in [9.17, 15) is 0 Å². The molecule has 0 atom stereocenters. The Morgan fingerprint density at radius 2 is 1.08 bits per heavy atom. The van der Waals surface area contributed by atoms with Gasteiger partial charge in [0.25, 0.3) is 6.71 Å². The Kier molecular flexibility index (Phi) is 6.35. The van der Waals surface area contributed by atoms with Crippen molar-refractivity contribution in [2.45, 2.75) is 26.2 Å². The first-order chi connectivity index (χ1) is 26.0. The Labute approximate surface area is 310 Å². The van der Waals surface area contributed by atoms with Crippen LogP contribution >= 0.6 is 0 Å². The molecule has 2 aliphatic rings. The molecule has 0 fully saturated rings. The van der Waals surface area contributed by atoms with Gasteiger partial charge in [-0.15, -0.1) is 0 Å². The highest BCUT2D eigenvalue weighted by Crippen LogP contribution is 2.48. The van der Waals surface area contributed by atoms with Gasteiger partial charge in [0.15, 0.2) is 0 Å². The molecule has 0 saturated carbocycles. The number of anilines is 3. The Morgan fingerprint density at radius 3 is 1.85 bits per heavy atom. The number of rotatable bonds is 3. The highest BCUT2D eigenvalue weighted by molar-refractivity contribution is 7.01.